The summed E-state index contributed by atoms with van der Waals surface area (Å²) in [6.45, 7) is 11.3. The second-order valence-electron chi connectivity index (χ2n) is 22.9. The summed E-state index contributed by atoms with van der Waals surface area (Å²) in [5.41, 5.74) is -0.344. The van der Waals surface area contributed by atoms with Crippen LogP contribution in [0.4, 0.5) is 5.69 Å². The maximum atomic E-state index is 14.5. The zero-order chi connectivity index (χ0) is 62.1. The first-order valence-corrected chi connectivity index (χ1v) is 29.5. The number of anilines is 1. The summed E-state index contributed by atoms with van der Waals surface area (Å²) in [7, 11) is 0. The van der Waals surface area contributed by atoms with Crippen molar-refractivity contribution in [1.82, 2.24) is 57.0 Å². The number of benzene rings is 1. The summed E-state index contributed by atoms with van der Waals surface area (Å²) in [5, 5.41) is 21.5. The summed E-state index contributed by atoms with van der Waals surface area (Å²) in [5.74, 6) is -7.12. The van der Waals surface area contributed by atoms with Gasteiger partial charge in [0.05, 0.1) is 82.4 Å². The molecule has 0 spiro atoms. The number of nitrogens with zero attached hydrogens (tertiary/aromatic N) is 4. The summed E-state index contributed by atoms with van der Waals surface area (Å²) in [6, 6.07) is -0.523. The number of imide groups is 2. The Hall–Kier alpha value is -7.82. The highest BCUT2D eigenvalue weighted by Gasteiger charge is 2.53. The molecule has 86 heavy (non-hydrogen) atoms. The zero-order valence-electron chi connectivity index (χ0n) is 49.4. The van der Waals surface area contributed by atoms with Crippen molar-refractivity contribution < 1.29 is 76.5 Å². The van der Waals surface area contributed by atoms with E-state index in [2.05, 4.69) is 52.5 Å². The van der Waals surface area contributed by atoms with Crippen LogP contribution in [0, 0.1) is 17.3 Å². The zero-order valence-corrected chi connectivity index (χ0v) is 49.4. The third-order valence-electron chi connectivity index (χ3n) is 15.4. The van der Waals surface area contributed by atoms with Gasteiger partial charge >= 0.3 is 0 Å². The van der Waals surface area contributed by atoms with Crippen LogP contribution < -0.4 is 42.5 Å². The quantitative estimate of drug-likeness (QED) is 0.0258. The van der Waals surface area contributed by atoms with Gasteiger partial charge in [-0.05, 0) is 74.8 Å². The SMILES string of the molecule is CCC[C@H](NC(=O)[C@@H]1[C@H]2CCC[C@H]2CN1C(=O)[C@@H](NC(=O)[C@H](C)NC(=O)c1cnc(C(=O)NCCOCCOCCNC(=O)CCOCCOCCNc2cccc3c2C(=O)N(C2CCC(=O)NC2=O)C3=O)cn1)C(C)(C)C)C(=O)C(=O)NC1CC1. The number of piperidine rings is 1. The van der Waals surface area contributed by atoms with Crippen LogP contribution in [-0.4, -0.2) is 206 Å². The molecule has 8 N–H and O–H groups in total. The minimum atomic E-state index is -1.15. The molecule has 4 fully saturated rings. The highest BCUT2D eigenvalue weighted by atomic mass is 16.5. The Morgan fingerprint density at radius 2 is 1.40 bits per heavy atom. The van der Waals surface area contributed by atoms with Crippen LogP contribution in [0.25, 0.3) is 0 Å². The van der Waals surface area contributed by atoms with Crippen molar-refractivity contribution in [1.29, 1.82) is 0 Å². The molecule has 2 aromatic rings. The lowest BCUT2D eigenvalue weighted by molar-refractivity contribution is -0.146. The topological polar surface area (TPSA) is 370 Å². The lowest BCUT2D eigenvalue weighted by Crippen LogP contribution is -2.61. The van der Waals surface area contributed by atoms with Gasteiger partial charge in [0.25, 0.3) is 29.5 Å². The molecule has 7 rings (SSSR count). The summed E-state index contributed by atoms with van der Waals surface area (Å²) in [6.07, 6.45) is 7.20. The minimum absolute atomic E-state index is 0.0273. The number of Topliss-reactive ketones (excluding diaryl/α,β-unsaturated/α-hetero) is 1. The summed E-state index contributed by atoms with van der Waals surface area (Å²) >= 11 is 0. The van der Waals surface area contributed by atoms with Crippen LogP contribution in [0.15, 0.2) is 30.6 Å². The number of nitrogens with one attached hydrogen (secondary N) is 8. The van der Waals surface area contributed by atoms with Gasteiger partial charge in [-0.15, -0.1) is 0 Å². The van der Waals surface area contributed by atoms with Crippen LogP contribution in [-0.2, 0) is 57.3 Å². The van der Waals surface area contributed by atoms with Crippen molar-refractivity contribution in [2.45, 2.75) is 135 Å². The number of hydrogen-bond donors (Lipinski definition) is 8. The number of carbonyl (C=O) groups is 12. The van der Waals surface area contributed by atoms with Gasteiger partial charge in [0.15, 0.2) is 0 Å². The fraction of sp³-hybridized carbons (Fsp3) is 0.621. The number of amides is 11. The van der Waals surface area contributed by atoms with Gasteiger partial charge in [-0.2, -0.15) is 0 Å². The fourth-order valence-corrected chi connectivity index (χ4v) is 10.7. The Labute approximate surface area is 498 Å². The molecule has 0 bridgehead atoms. The van der Waals surface area contributed by atoms with Crippen molar-refractivity contribution in [3.63, 3.8) is 0 Å². The Bertz CT molecular complexity index is 2840. The smallest absolute Gasteiger partial charge is 0.289 e. The Morgan fingerprint density at radius 3 is 2.03 bits per heavy atom. The van der Waals surface area contributed by atoms with E-state index in [1.807, 2.05) is 6.92 Å². The van der Waals surface area contributed by atoms with E-state index >= 15 is 0 Å². The molecule has 1 unspecified atom stereocenters. The van der Waals surface area contributed by atoms with E-state index in [-0.39, 0.29) is 144 Å². The van der Waals surface area contributed by atoms with Crippen LogP contribution in [0.5, 0.6) is 0 Å². The molecule has 7 atom stereocenters. The Kier molecular flexibility index (Phi) is 23.7. The lowest BCUT2D eigenvalue weighted by atomic mass is 9.85. The van der Waals surface area contributed by atoms with Crippen molar-refractivity contribution >= 4 is 76.4 Å². The van der Waals surface area contributed by atoms with Gasteiger partial charge in [-0.25, -0.2) is 9.97 Å². The van der Waals surface area contributed by atoms with Gasteiger partial charge in [0.2, 0.25) is 41.2 Å². The van der Waals surface area contributed by atoms with Crippen LogP contribution >= 0.6 is 0 Å². The number of rotatable bonds is 33. The standard InChI is InChI=1S/C58H80N12O16/c1-6-9-39(47(73)54(79)65-35-14-15-35)66-53(78)46-36-11-7-10-34(36)32-69(46)57(82)48(58(3,4)5)68-49(74)33(2)64-51(76)41-31-62-40(30-63-41)50(75)61-21-25-86-29-28-85-24-20-60-43(71)18-22-83-26-27-84-23-19-59-38-13-8-12-37-45(38)56(81)70(55(37)80)42-16-17-44(72)67-52(42)77/h8,12-13,30-31,33-36,39,42,46,48,59H,6-7,9-11,14-29,32H2,1-5H3,(H,60,71)(H,61,75)(H,64,76)(H,65,79)(H,66,78)(H,68,74)(H,67,72,77)/t33-,34-,36-,39-,42?,46-,48+/m0/s1. The summed E-state index contributed by atoms with van der Waals surface area (Å²) < 4.78 is 22.1. The number of hydrogen-bond acceptors (Lipinski definition) is 19. The molecular formula is C58H80N12O16. The van der Waals surface area contributed by atoms with Crippen molar-refractivity contribution in [3.05, 3.63) is 53.1 Å². The van der Waals surface area contributed by atoms with E-state index in [1.165, 1.54) is 17.9 Å². The normalized spacial score (nSPS) is 20.0. The maximum Gasteiger partial charge on any atom is 0.289 e. The lowest BCUT2D eigenvalue weighted by Gasteiger charge is -2.37. The first-order valence-electron chi connectivity index (χ1n) is 29.5. The number of ether oxygens (including phenoxy) is 4. The molecule has 28 heteroatoms. The van der Waals surface area contributed by atoms with Gasteiger partial charge in [0, 0.05) is 50.7 Å². The molecule has 11 amide bonds. The minimum Gasteiger partial charge on any atom is -0.382 e. The molecule has 3 aliphatic heterocycles. The average molecular weight is 1200 g/mol. The first kappa shape index (κ1) is 65.7. The molecule has 1 aromatic carbocycles. The van der Waals surface area contributed by atoms with Crippen LogP contribution in [0.2, 0.25) is 0 Å². The van der Waals surface area contributed by atoms with E-state index in [9.17, 15) is 57.5 Å². The number of likely N-dealkylation sites (tertiary alicyclic amines) is 1. The van der Waals surface area contributed by atoms with E-state index < -0.39 is 100 Å². The van der Waals surface area contributed by atoms with Gasteiger partial charge in [0.1, 0.15) is 35.6 Å². The predicted molar refractivity (Wildman–Crippen MR) is 305 cm³/mol. The number of aromatic nitrogens is 2. The molecule has 2 aliphatic carbocycles. The van der Waals surface area contributed by atoms with Gasteiger partial charge in [-0.1, -0.05) is 46.6 Å². The van der Waals surface area contributed by atoms with Crippen molar-refractivity contribution in [2.75, 3.05) is 84.4 Å². The van der Waals surface area contributed by atoms with Crippen LogP contribution in [0.1, 0.15) is 141 Å². The molecule has 468 valence electrons. The second-order valence-corrected chi connectivity index (χ2v) is 22.9. The van der Waals surface area contributed by atoms with Gasteiger partial charge < -0.3 is 61.1 Å². The van der Waals surface area contributed by atoms with Gasteiger partial charge in [-0.3, -0.25) is 67.8 Å². The number of fused-ring (bicyclic) bond motifs is 2. The molecule has 2 saturated heterocycles. The molecular weight excluding hydrogens is 1120 g/mol. The fourth-order valence-electron chi connectivity index (χ4n) is 10.7. The highest BCUT2D eigenvalue weighted by molar-refractivity contribution is 6.38. The number of ketones is 1. The van der Waals surface area contributed by atoms with E-state index in [4.69, 9.17) is 18.9 Å². The van der Waals surface area contributed by atoms with Crippen molar-refractivity contribution in [3.8, 4) is 0 Å². The van der Waals surface area contributed by atoms with E-state index in [0.717, 1.165) is 43.0 Å². The molecule has 0 radical (unpaired) electrons. The van der Waals surface area contributed by atoms with E-state index in [0.29, 0.717) is 25.1 Å². The Balaban J connectivity index is 0.712. The third-order valence-corrected chi connectivity index (χ3v) is 15.4. The summed E-state index contributed by atoms with van der Waals surface area (Å²) in [4.78, 5) is 167. The van der Waals surface area contributed by atoms with E-state index in [1.54, 1.807) is 32.9 Å². The Morgan fingerprint density at radius 1 is 0.744 bits per heavy atom. The predicted octanol–water partition coefficient (Wildman–Crippen LogP) is -0.299. The maximum absolute atomic E-state index is 14.5. The van der Waals surface area contributed by atoms with Crippen molar-refractivity contribution in [2.24, 2.45) is 17.3 Å². The average Bonchev–Trinajstić information content (AvgIpc) is 1.68. The molecule has 1 aromatic heterocycles. The second kappa shape index (κ2) is 31.0. The molecule has 5 aliphatic rings. The first-order chi connectivity index (χ1) is 41.2. The number of carbonyl (C=O) groups excluding carboxylic acids is 12. The largest absolute Gasteiger partial charge is 0.382 e. The molecule has 4 heterocycles. The monoisotopic (exact) mass is 1200 g/mol. The highest BCUT2D eigenvalue weighted by Crippen LogP contribution is 2.43. The van der Waals surface area contributed by atoms with Crippen LogP contribution in [0.3, 0.4) is 0 Å². The molecule has 28 nitrogen and oxygen atoms in total. The molecule has 2 saturated carbocycles. The third kappa shape index (κ3) is 17.7.